The molecule has 0 N–H and O–H groups in total. The largest absolute Gasteiger partial charge is 0.419 e. The summed E-state index contributed by atoms with van der Waals surface area (Å²) in [5.41, 5.74) is 0.716. The normalized spacial score (nSPS) is 15.8. The van der Waals surface area contributed by atoms with Crippen LogP contribution in [0.25, 0.3) is 11.5 Å². The zero-order chi connectivity index (χ0) is 15.5. The molecule has 2 aromatic rings. The van der Waals surface area contributed by atoms with Crippen LogP contribution < -0.4 is 0 Å². The number of rotatable bonds is 5. The lowest BCUT2D eigenvalue weighted by molar-refractivity contribution is 0.182. The third-order valence-corrected chi connectivity index (χ3v) is 4.76. The molecule has 0 radical (unpaired) electrons. The van der Waals surface area contributed by atoms with Gasteiger partial charge in [0.25, 0.3) is 0 Å². The van der Waals surface area contributed by atoms with Crippen LogP contribution in [-0.4, -0.2) is 27.7 Å². The molecule has 1 fully saturated rings. The van der Waals surface area contributed by atoms with Gasteiger partial charge in [0.15, 0.2) is 0 Å². The molecule has 1 saturated carbocycles. The number of halogens is 2. The first-order chi connectivity index (χ1) is 10.7. The van der Waals surface area contributed by atoms with Crippen molar-refractivity contribution in [2.24, 2.45) is 0 Å². The summed E-state index contributed by atoms with van der Waals surface area (Å²) in [7, 11) is 0. The third-order valence-electron chi connectivity index (χ3n) is 4.21. The number of nitrogens with zero attached hydrogens (tertiary/aromatic N) is 3. The van der Waals surface area contributed by atoms with Crippen molar-refractivity contribution in [2.45, 2.75) is 45.2 Å². The van der Waals surface area contributed by atoms with E-state index in [4.69, 9.17) is 27.6 Å². The highest BCUT2D eigenvalue weighted by atomic mass is 35.5. The molecule has 0 aliphatic heterocycles. The highest BCUT2D eigenvalue weighted by molar-refractivity contribution is 6.36. The molecule has 0 saturated heterocycles. The molecule has 4 nitrogen and oxygen atoms in total. The Labute approximate surface area is 140 Å². The summed E-state index contributed by atoms with van der Waals surface area (Å²) < 4.78 is 5.79. The maximum absolute atomic E-state index is 6.19. The highest BCUT2D eigenvalue weighted by Crippen LogP contribution is 2.30. The molecular formula is C16H19Cl2N3O. The van der Waals surface area contributed by atoms with Crippen LogP contribution in [0.2, 0.25) is 10.0 Å². The van der Waals surface area contributed by atoms with Crippen LogP contribution in [0.3, 0.4) is 0 Å². The van der Waals surface area contributed by atoms with Crippen LogP contribution in [0.1, 0.15) is 38.5 Å². The van der Waals surface area contributed by atoms with Crippen molar-refractivity contribution in [3.8, 4) is 11.5 Å². The van der Waals surface area contributed by atoms with E-state index in [0.29, 0.717) is 40.0 Å². The minimum absolute atomic E-state index is 0.444. The van der Waals surface area contributed by atoms with E-state index in [1.807, 2.05) is 0 Å². The second-order valence-electron chi connectivity index (χ2n) is 5.63. The molecular weight excluding hydrogens is 321 g/mol. The number of hydrogen-bond donors (Lipinski definition) is 0. The summed E-state index contributed by atoms with van der Waals surface area (Å²) in [6.45, 7) is 3.86. The van der Waals surface area contributed by atoms with Crippen LogP contribution >= 0.6 is 23.2 Å². The Balaban J connectivity index is 1.75. The van der Waals surface area contributed by atoms with Crippen LogP contribution in [0.4, 0.5) is 0 Å². The van der Waals surface area contributed by atoms with Crippen molar-refractivity contribution in [1.29, 1.82) is 0 Å². The summed E-state index contributed by atoms with van der Waals surface area (Å²) >= 11 is 12.1. The monoisotopic (exact) mass is 339 g/mol. The molecule has 1 aromatic heterocycles. The van der Waals surface area contributed by atoms with Crippen LogP contribution in [0.5, 0.6) is 0 Å². The van der Waals surface area contributed by atoms with E-state index in [1.54, 1.807) is 18.2 Å². The van der Waals surface area contributed by atoms with Crippen molar-refractivity contribution < 1.29 is 4.42 Å². The summed E-state index contributed by atoms with van der Waals surface area (Å²) in [5, 5.41) is 9.39. The van der Waals surface area contributed by atoms with Crippen LogP contribution in [0, 0.1) is 0 Å². The molecule has 3 rings (SSSR count). The minimum atomic E-state index is 0.444. The van der Waals surface area contributed by atoms with Gasteiger partial charge >= 0.3 is 0 Å². The molecule has 0 unspecified atom stereocenters. The lowest BCUT2D eigenvalue weighted by atomic mass is 10.2. The van der Waals surface area contributed by atoms with Crippen molar-refractivity contribution in [3.05, 3.63) is 34.1 Å². The SMILES string of the molecule is CCN(Cc1nnc(-c2ccc(Cl)cc2Cl)o1)C1CCCC1. The first kappa shape index (κ1) is 15.8. The van der Waals surface area contributed by atoms with Gasteiger partial charge in [-0.05, 0) is 37.6 Å². The molecule has 1 aliphatic carbocycles. The number of hydrogen-bond acceptors (Lipinski definition) is 4. The van der Waals surface area contributed by atoms with Gasteiger partial charge in [0.2, 0.25) is 11.8 Å². The van der Waals surface area contributed by atoms with Crippen LogP contribution in [-0.2, 0) is 6.54 Å². The van der Waals surface area contributed by atoms with E-state index >= 15 is 0 Å². The van der Waals surface area contributed by atoms with Gasteiger partial charge in [-0.1, -0.05) is 43.0 Å². The number of benzene rings is 1. The Hall–Kier alpha value is -1.10. The molecule has 1 aliphatic rings. The van der Waals surface area contributed by atoms with E-state index in [0.717, 1.165) is 6.54 Å². The topological polar surface area (TPSA) is 42.2 Å². The molecule has 0 spiro atoms. The Morgan fingerprint density at radius 3 is 2.68 bits per heavy atom. The van der Waals surface area contributed by atoms with Gasteiger partial charge in [-0.25, -0.2) is 0 Å². The fourth-order valence-electron chi connectivity index (χ4n) is 3.03. The van der Waals surface area contributed by atoms with Gasteiger partial charge in [-0.15, -0.1) is 10.2 Å². The summed E-state index contributed by atoms with van der Waals surface area (Å²) in [5.74, 6) is 1.08. The van der Waals surface area contributed by atoms with Crippen LogP contribution in [0.15, 0.2) is 22.6 Å². The van der Waals surface area contributed by atoms with E-state index in [1.165, 1.54) is 25.7 Å². The second kappa shape index (κ2) is 6.99. The number of aromatic nitrogens is 2. The Bertz CT molecular complexity index is 638. The first-order valence-corrected chi connectivity index (χ1v) is 8.45. The molecule has 1 heterocycles. The molecule has 118 valence electrons. The standard InChI is InChI=1S/C16H19Cl2N3O/c1-2-21(12-5-3-4-6-12)10-15-19-20-16(22-15)13-8-7-11(17)9-14(13)18/h7-9,12H,2-6,10H2,1H3. The second-order valence-corrected chi connectivity index (χ2v) is 6.47. The molecule has 0 amide bonds. The van der Waals surface area contributed by atoms with Crippen molar-refractivity contribution in [1.82, 2.24) is 15.1 Å². The van der Waals surface area contributed by atoms with Gasteiger partial charge in [-0.2, -0.15) is 0 Å². The van der Waals surface area contributed by atoms with Gasteiger partial charge in [-0.3, -0.25) is 4.90 Å². The van der Waals surface area contributed by atoms with Gasteiger partial charge in [0.1, 0.15) is 0 Å². The van der Waals surface area contributed by atoms with E-state index in [9.17, 15) is 0 Å². The van der Waals surface area contributed by atoms with E-state index in [2.05, 4.69) is 22.0 Å². The van der Waals surface area contributed by atoms with E-state index in [-0.39, 0.29) is 0 Å². The fraction of sp³-hybridized carbons (Fsp3) is 0.500. The van der Waals surface area contributed by atoms with Crippen molar-refractivity contribution in [3.63, 3.8) is 0 Å². The molecule has 0 atom stereocenters. The Morgan fingerprint density at radius 1 is 1.23 bits per heavy atom. The maximum atomic E-state index is 6.19. The van der Waals surface area contributed by atoms with Crippen molar-refractivity contribution in [2.75, 3.05) is 6.54 Å². The zero-order valence-corrected chi connectivity index (χ0v) is 14.1. The Morgan fingerprint density at radius 2 is 2.00 bits per heavy atom. The lowest BCUT2D eigenvalue weighted by Crippen LogP contribution is -2.32. The average molecular weight is 340 g/mol. The summed E-state index contributed by atoms with van der Waals surface area (Å²) in [6, 6.07) is 5.89. The highest BCUT2D eigenvalue weighted by Gasteiger charge is 2.23. The van der Waals surface area contributed by atoms with E-state index < -0.39 is 0 Å². The van der Waals surface area contributed by atoms with Gasteiger partial charge < -0.3 is 4.42 Å². The predicted octanol–water partition coefficient (Wildman–Crippen LogP) is 4.81. The first-order valence-electron chi connectivity index (χ1n) is 7.69. The predicted molar refractivity (Wildman–Crippen MR) is 88.1 cm³/mol. The van der Waals surface area contributed by atoms with Crippen molar-refractivity contribution >= 4 is 23.2 Å². The molecule has 22 heavy (non-hydrogen) atoms. The molecule has 1 aromatic carbocycles. The average Bonchev–Trinajstić information content (AvgIpc) is 3.16. The third kappa shape index (κ3) is 3.45. The smallest absolute Gasteiger partial charge is 0.249 e. The molecule has 6 heteroatoms. The van der Waals surface area contributed by atoms with Gasteiger partial charge in [0, 0.05) is 11.1 Å². The lowest BCUT2D eigenvalue weighted by Gasteiger charge is -2.25. The summed E-state index contributed by atoms with van der Waals surface area (Å²) in [6.07, 6.45) is 5.16. The quantitative estimate of drug-likeness (QED) is 0.783. The zero-order valence-electron chi connectivity index (χ0n) is 12.6. The summed E-state index contributed by atoms with van der Waals surface area (Å²) in [4.78, 5) is 2.41. The Kier molecular flexibility index (Phi) is 5.01. The molecule has 0 bridgehead atoms. The van der Waals surface area contributed by atoms with Gasteiger partial charge in [0.05, 0.1) is 17.1 Å². The maximum Gasteiger partial charge on any atom is 0.249 e. The fourth-order valence-corrected chi connectivity index (χ4v) is 3.52. The minimum Gasteiger partial charge on any atom is -0.419 e.